The smallest absolute Gasteiger partial charge is 0.254 e. The van der Waals surface area contributed by atoms with E-state index in [1.54, 1.807) is 6.92 Å². The maximum atomic E-state index is 13.2. The number of hydrogen-bond acceptors (Lipinski definition) is 5. The lowest BCUT2D eigenvalue weighted by atomic mass is 9.96. The second-order valence-corrected chi connectivity index (χ2v) is 10.2. The Morgan fingerprint density at radius 1 is 0.886 bits per heavy atom. The van der Waals surface area contributed by atoms with Gasteiger partial charge in [0.15, 0.2) is 0 Å². The maximum Gasteiger partial charge on any atom is 0.254 e. The number of β-amino-alcohol motifs (C(OH)–C–C–N with tert-alkyl or cyclic N) is 1. The zero-order valence-electron chi connectivity index (χ0n) is 20.7. The number of fused-ring (bicyclic) bond motifs is 2. The molecule has 7 heteroatoms. The molecule has 1 atom stereocenters. The first kappa shape index (κ1) is 24.0. The molecule has 1 fully saturated rings. The van der Waals surface area contributed by atoms with Crippen LogP contribution in [0.2, 0.25) is 0 Å². The van der Waals surface area contributed by atoms with Gasteiger partial charge in [0.05, 0.1) is 6.10 Å². The van der Waals surface area contributed by atoms with E-state index >= 15 is 0 Å². The molecule has 1 unspecified atom stereocenters. The minimum absolute atomic E-state index is 0.0240. The van der Waals surface area contributed by atoms with Crippen LogP contribution >= 0.6 is 0 Å². The number of carbonyl (C=O) groups is 2. The molecule has 35 heavy (non-hydrogen) atoms. The van der Waals surface area contributed by atoms with Crippen LogP contribution in [-0.4, -0.2) is 95.0 Å². The lowest BCUT2D eigenvalue weighted by Crippen LogP contribution is -2.47. The first-order valence-corrected chi connectivity index (χ1v) is 12.8. The lowest BCUT2D eigenvalue weighted by Gasteiger charge is -2.35. The van der Waals surface area contributed by atoms with Gasteiger partial charge in [-0.25, -0.2) is 0 Å². The number of benzene rings is 2. The largest absolute Gasteiger partial charge is 0.390 e. The van der Waals surface area contributed by atoms with Gasteiger partial charge >= 0.3 is 0 Å². The van der Waals surface area contributed by atoms with Gasteiger partial charge in [-0.3, -0.25) is 19.4 Å². The Balaban J connectivity index is 1.14. The third-order valence-corrected chi connectivity index (χ3v) is 7.67. The highest BCUT2D eigenvalue weighted by Crippen LogP contribution is 2.23. The van der Waals surface area contributed by atoms with Crippen LogP contribution in [0, 0.1) is 0 Å². The molecule has 0 aliphatic carbocycles. The summed E-state index contributed by atoms with van der Waals surface area (Å²) in [7, 11) is 0. The van der Waals surface area contributed by atoms with E-state index in [1.165, 1.54) is 16.7 Å². The van der Waals surface area contributed by atoms with Crippen molar-refractivity contribution in [2.45, 2.75) is 39.0 Å². The van der Waals surface area contributed by atoms with E-state index in [9.17, 15) is 14.7 Å². The molecule has 1 N–H and O–H groups in total. The predicted octanol–water partition coefficient (Wildman–Crippen LogP) is 1.77. The molecule has 3 aliphatic heterocycles. The van der Waals surface area contributed by atoms with Gasteiger partial charge < -0.3 is 14.9 Å². The Labute approximate surface area is 207 Å². The Kier molecular flexibility index (Phi) is 7.18. The number of aliphatic hydroxyl groups is 1. The van der Waals surface area contributed by atoms with Crippen LogP contribution in [0.1, 0.15) is 39.5 Å². The fraction of sp³-hybridized carbons (Fsp3) is 0.500. The summed E-state index contributed by atoms with van der Waals surface area (Å²) in [5.74, 6) is 0.170. The number of carbonyl (C=O) groups excluding carboxylic acids is 2. The Hall–Kier alpha value is -2.74. The van der Waals surface area contributed by atoms with Crippen molar-refractivity contribution in [1.29, 1.82) is 0 Å². The molecule has 0 aromatic heterocycles. The number of amides is 2. The molecular formula is C28H36N4O3. The summed E-state index contributed by atoms with van der Waals surface area (Å²) < 4.78 is 0. The molecule has 3 heterocycles. The van der Waals surface area contributed by atoms with Gasteiger partial charge in [-0.2, -0.15) is 0 Å². The van der Waals surface area contributed by atoms with E-state index in [1.807, 2.05) is 15.9 Å². The fourth-order valence-corrected chi connectivity index (χ4v) is 5.66. The molecule has 0 saturated carbocycles. The molecule has 5 rings (SSSR count). The third-order valence-electron chi connectivity index (χ3n) is 7.67. The summed E-state index contributed by atoms with van der Waals surface area (Å²) in [6.45, 7) is 9.19. The standard InChI is InChI=1S/C28H36N4O3/c1-21(33)31-14-12-29(13-15-31)17-22-6-7-27-24(16-22)9-11-32(28(27)35)20-26(34)19-30-10-8-23-4-2-3-5-25(23)18-30/h2-7,16,26,34H,8-15,17-20H2,1H3. The fourth-order valence-electron chi connectivity index (χ4n) is 5.66. The van der Waals surface area contributed by atoms with Crippen LogP contribution in [0.3, 0.4) is 0 Å². The van der Waals surface area contributed by atoms with E-state index in [2.05, 4.69) is 46.2 Å². The third kappa shape index (κ3) is 5.58. The molecule has 186 valence electrons. The van der Waals surface area contributed by atoms with E-state index < -0.39 is 6.10 Å². The molecule has 0 bridgehead atoms. The van der Waals surface area contributed by atoms with Gasteiger partial charge in [0.2, 0.25) is 5.91 Å². The van der Waals surface area contributed by atoms with Crippen LogP contribution in [0.4, 0.5) is 0 Å². The molecule has 1 saturated heterocycles. The SMILES string of the molecule is CC(=O)N1CCN(Cc2ccc3c(c2)CCN(CC(O)CN2CCc4ccccc4C2)C3=O)CC1. The first-order chi connectivity index (χ1) is 17.0. The van der Waals surface area contributed by atoms with E-state index in [4.69, 9.17) is 0 Å². The summed E-state index contributed by atoms with van der Waals surface area (Å²) >= 11 is 0. The first-order valence-electron chi connectivity index (χ1n) is 12.8. The van der Waals surface area contributed by atoms with Crippen molar-refractivity contribution in [2.24, 2.45) is 0 Å². The van der Waals surface area contributed by atoms with Gasteiger partial charge in [-0.05, 0) is 41.2 Å². The lowest BCUT2D eigenvalue weighted by molar-refractivity contribution is -0.130. The molecule has 0 radical (unpaired) electrons. The van der Waals surface area contributed by atoms with Crippen molar-refractivity contribution in [3.63, 3.8) is 0 Å². The van der Waals surface area contributed by atoms with Gasteiger partial charge in [0.25, 0.3) is 5.91 Å². The highest BCUT2D eigenvalue weighted by atomic mass is 16.3. The normalized spacial score (nSPS) is 19.9. The molecule has 2 amide bonds. The van der Waals surface area contributed by atoms with Gasteiger partial charge in [-0.15, -0.1) is 0 Å². The second-order valence-electron chi connectivity index (χ2n) is 10.2. The van der Waals surface area contributed by atoms with Crippen LogP contribution in [0.5, 0.6) is 0 Å². The quantitative estimate of drug-likeness (QED) is 0.688. The van der Waals surface area contributed by atoms with Crippen molar-refractivity contribution in [3.8, 4) is 0 Å². The summed E-state index contributed by atoms with van der Waals surface area (Å²) in [6.07, 6.45) is 1.27. The van der Waals surface area contributed by atoms with Crippen molar-refractivity contribution in [3.05, 3.63) is 70.3 Å². The van der Waals surface area contributed by atoms with E-state index in [0.717, 1.165) is 69.8 Å². The minimum atomic E-state index is -0.557. The van der Waals surface area contributed by atoms with Crippen LogP contribution < -0.4 is 0 Å². The Morgan fingerprint density at radius 2 is 1.63 bits per heavy atom. The topological polar surface area (TPSA) is 67.3 Å². The highest BCUT2D eigenvalue weighted by Gasteiger charge is 2.28. The van der Waals surface area contributed by atoms with Crippen LogP contribution in [0.25, 0.3) is 0 Å². The zero-order valence-corrected chi connectivity index (χ0v) is 20.7. The average molecular weight is 477 g/mol. The monoisotopic (exact) mass is 476 g/mol. The zero-order chi connectivity index (χ0) is 24.4. The van der Waals surface area contributed by atoms with E-state index in [-0.39, 0.29) is 11.8 Å². The predicted molar refractivity (Wildman–Crippen MR) is 135 cm³/mol. The van der Waals surface area contributed by atoms with Crippen molar-refractivity contribution < 1.29 is 14.7 Å². The molecular weight excluding hydrogens is 440 g/mol. The molecule has 2 aromatic rings. The Bertz CT molecular complexity index is 1080. The van der Waals surface area contributed by atoms with Crippen molar-refractivity contribution >= 4 is 11.8 Å². The second kappa shape index (κ2) is 10.5. The summed E-state index contributed by atoms with van der Waals surface area (Å²) in [5.41, 5.74) is 5.82. The van der Waals surface area contributed by atoms with Crippen molar-refractivity contribution in [2.75, 3.05) is 52.4 Å². The average Bonchev–Trinajstić information content (AvgIpc) is 2.86. The Morgan fingerprint density at radius 3 is 2.40 bits per heavy atom. The molecule has 0 spiro atoms. The summed E-state index contributed by atoms with van der Waals surface area (Å²) in [6, 6.07) is 14.7. The van der Waals surface area contributed by atoms with Crippen LogP contribution in [-0.2, 0) is 30.7 Å². The van der Waals surface area contributed by atoms with Crippen LogP contribution in [0.15, 0.2) is 42.5 Å². The molecule has 7 nitrogen and oxygen atoms in total. The van der Waals surface area contributed by atoms with Gasteiger partial charge in [0.1, 0.15) is 0 Å². The summed E-state index contributed by atoms with van der Waals surface area (Å²) in [5, 5.41) is 10.8. The number of aliphatic hydroxyl groups excluding tert-OH is 1. The van der Waals surface area contributed by atoms with Crippen molar-refractivity contribution in [1.82, 2.24) is 19.6 Å². The highest BCUT2D eigenvalue weighted by molar-refractivity contribution is 5.96. The minimum Gasteiger partial charge on any atom is -0.390 e. The molecule has 2 aromatic carbocycles. The number of rotatable bonds is 6. The molecule has 3 aliphatic rings. The number of nitrogens with zero attached hydrogens (tertiary/aromatic N) is 4. The van der Waals surface area contributed by atoms with Gasteiger partial charge in [-0.1, -0.05) is 36.4 Å². The van der Waals surface area contributed by atoms with Gasteiger partial charge in [0, 0.05) is 77.9 Å². The number of piperazine rings is 1. The summed E-state index contributed by atoms with van der Waals surface area (Å²) in [4.78, 5) is 33.1. The maximum absolute atomic E-state index is 13.2. The van der Waals surface area contributed by atoms with E-state index in [0.29, 0.717) is 19.6 Å². The number of hydrogen-bond donors (Lipinski definition) is 1.